The molecule has 1 fully saturated rings. The van der Waals surface area contributed by atoms with Gasteiger partial charge in [0.25, 0.3) is 0 Å². The second-order valence-electron chi connectivity index (χ2n) is 14.9. The number of esters is 2. The number of H-pyrrole nitrogens is 2. The van der Waals surface area contributed by atoms with Gasteiger partial charge in [0.2, 0.25) is 11.8 Å². The number of fused-ring (bicyclic) bond motifs is 7. The molecule has 0 saturated carbocycles. The molecule has 0 spiro atoms. The zero-order valence-electron chi connectivity index (χ0n) is 35.1. The molecule has 1 aliphatic heterocycles. The van der Waals surface area contributed by atoms with E-state index in [0.717, 1.165) is 43.9 Å². The summed E-state index contributed by atoms with van der Waals surface area (Å²) in [5, 5.41) is 16.4. The summed E-state index contributed by atoms with van der Waals surface area (Å²) in [7, 11) is -1.55. The zero-order valence-corrected chi connectivity index (χ0v) is 39.0. The molecular formula is C44H46N7O9SiW-. The number of nitrogens with two attached hydrogens (primary N) is 1. The summed E-state index contributed by atoms with van der Waals surface area (Å²) in [5.41, 5.74) is 16.3. The summed E-state index contributed by atoms with van der Waals surface area (Å²) in [6.07, 6.45) is 4.51. The van der Waals surface area contributed by atoms with Crippen LogP contribution in [0.1, 0.15) is 55.3 Å². The van der Waals surface area contributed by atoms with E-state index in [0.29, 0.717) is 65.2 Å². The van der Waals surface area contributed by atoms with E-state index in [1.165, 1.54) is 0 Å². The van der Waals surface area contributed by atoms with Crippen molar-refractivity contribution in [1.29, 1.82) is 0 Å². The molecule has 322 valence electrons. The van der Waals surface area contributed by atoms with Crippen LogP contribution in [0.15, 0.2) is 74.5 Å². The van der Waals surface area contributed by atoms with Crippen LogP contribution in [0.4, 0.5) is 5.69 Å². The van der Waals surface area contributed by atoms with Gasteiger partial charge in [-0.25, -0.2) is 10.3 Å². The van der Waals surface area contributed by atoms with Crippen molar-refractivity contribution in [3.8, 4) is 11.5 Å². The summed E-state index contributed by atoms with van der Waals surface area (Å²) in [5.74, 6) is 1.65. The number of ether oxygens (including phenoxy) is 2. The number of aromatic nitrogens is 5. The monoisotopic (exact) mass is 1030 g/mol. The van der Waals surface area contributed by atoms with Crippen LogP contribution in [0, 0.1) is 18.9 Å². The van der Waals surface area contributed by atoms with Crippen molar-refractivity contribution in [2.45, 2.75) is 65.1 Å². The minimum Gasteiger partial charge on any atom is -0.466 e. The van der Waals surface area contributed by atoms with Gasteiger partial charge in [0.1, 0.15) is 13.8 Å². The van der Waals surface area contributed by atoms with Crippen molar-refractivity contribution in [2.75, 3.05) is 18.9 Å². The number of aromatic amines is 2. The molecule has 62 heavy (non-hydrogen) atoms. The molecule has 18 heteroatoms. The van der Waals surface area contributed by atoms with Gasteiger partial charge in [0.15, 0.2) is 16.7 Å². The number of rotatable bonds is 7. The summed E-state index contributed by atoms with van der Waals surface area (Å²) in [4.78, 5) is 55.0. The second kappa shape index (κ2) is 19.9. The number of amides is 2. The molecule has 1 atom stereocenters. The van der Waals surface area contributed by atoms with Crippen molar-refractivity contribution in [1.82, 2.24) is 30.8 Å². The molecule has 5 aromatic heterocycles. The van der Waals surface area contributed by atoms with Crippen LogP contribution >= 0.6 is 0 Å². The first kappa shape index (κ1) is 46.6. The number of carbonyl (C=O) groups is 4. The van der Waals surface area contributed by atoms with Gasteiger partial charge in [-0.2, -0.15) is 0 Å². The molecule has 2 amide bonds. The first-order chi connectivity index (χ1) is 28.8. The molecule has 0 aliphatic carbocycles. The van der Waals surface area contributed by atoms with E-state index >= 15 is 0 Å². The normalized spacial score (nSPS) is 13.5. The molecule has 6 heterocycles. The third kappa shape index (κ3) is 10.2. The van der Waals surface area contributed by atoms with E-state index in [9.17, 15) is 19.2 Å². The maximum absolute atomic E-state index is 12.0. The van der Waals surface area contributed by atoms with Gasteiger partial charge < -0.3 is 36.2 Å². The standard InChI is InChI=1S/C16H20N2O3Si.C14H11N3O3.C13H12N2O3.CH3.W/c1-5-20-15(19)10-13-16-11(8-9-22(2,3)4)12(17)6-7-14(16)21-18-13;18-11-4-1-8(14(19)16-11)13-12-7-5-6-15-9(7)2-3-10(12)20-17-13;1-2-17-12(16)7-10-13-8-5-6-14-9(8)3-4-11(13)18-15-10;;/h6-7H,5,10,17H2,1-4H3;2-3,5-6,8,17H,1,4H2,(H,16,18,19);3-6,15H,2,7H2,1H3;1H3;/q;;;-1;. The molecule has 1 aliphatic rings. The van der Waals surface area contributed by atoms with E-state index in [-0.39, 0.29) is 65.1 Å². The van der Waals surface area contributed by atoms with Crippen LogP contribution in [0.2, 0.25) is 19.6 Å². The summed E-state index contributed by atoms with van der Waals surface area (Å²) in [6, 6.07) is 14.7. The van der Waals surface area contributed by atoms with Crippen molar-refractivity contribution < 1.29 is 63.3 Å². The van der Waals surface area contributed by atoms with Gasteiger partial charge in [-0.1, -0.05) is 30.7 Å². The predicted octanol–water partition coefficient (Wildman–Crippen LogP) is 7.44. The fourth-order valence-electron chi connectivity index (χ4n) is 6.87. The number of hydrogen-bond acceptors (Lipinski definition) is 13. The van der Waals surface area contributed by atoms with Crippen LogP contribution in [-0.4, -0.2) is 70.5 Å². The molecular weight excluding hydrogens is 982 g/mol. The van der Waals surface area contributed by atoms with E-state index in [4.69, 9.17) is 28.8 Å². The summed E-state index contributed by atoms with van der Waals surface area (Å²) in [6.45, 7) is 10.7. The maximum Gasteiger partial charge on any atom is 0.312 e. The Morgan fingerprint density at radius 2 is 1.42 bits per heavy atom. The second-order valence-corrected chi connectivity index (χ2v) is 19.7. The molecule has 0 radical (unpaired) electrons. The zero-order chi connectivity index (χ0) is 42.6. The molecule has 3 aromatic carbocycles. The Bertz CT molecular complexity index is 2960. The molecule has 16 nitrogen and oxygen atoms in total. The number of nitrogens with zero attached hydrogens (tertiary/aromatic N) is 3. The molecule has 9 rings (SSSR count). The van der Waals surface area contributed by atoms with E-state index in [1.54, 1.807) is 38.4 Å². The number of imide groups is 1. The van der Waals surface area contributed by atoms with Crippen LogP contribution in [-0.2, 0) is 62.6 Å². The number of benzene rings is 3. The third-order valence-corrected chi connectivity index (χ3v) is 10.4. The van der Waals surface area contributed by atoms with Crippen LogP contribution in [0.5, 0.6) is 0 Å². The van der Waals surface area contributed by atoms with E-state index < -0.39 is 14.0 Å². The van der Waals surface area contributed by atoms with Gasteiger partial charge in [-0.05, 0) is 68.8 Å². The number of hydrogen-bond donors (Lipinski definition) is 4. The van der Waals surface area contributed by atoms with E-state index in [1.807, 2.05) is 36.4 Å². The average molecular weight is 1030 g/mol. The van der Waals surface area contributed by atoms with Gasteiger partial charge >= 0.3 is 11.9 Å². The Hall–Kier alpha value is -6.50. The van der Waals surface area contributed by atoms with Crippen molar-refractivity contribution in [3.63, 3.8) is 0 Å². The molecule has 1 unspecified atom stereocenters. The number of carbonyl (C=O) groups excluding carboxylic acids is 4. The Labute approximate surface area is 371 Å². The first-order valence-corrected chi connectivity index (χ1v) is 22.9. The molecule has 1 saturated heterocycles. The topological polar surface area (TPSA) is 234 Å². The van der Waals surface area contributed by atoms with Crippen molar-refractivity contribution in [3.05, 3.63) is 91.0 Å². The Morgan fingerprint density at radius 1 is 0.823 bits per heavy atom. The van der Waals surface area contributed by atoms with Crippen LogP contribution < -0.4 is 11.1 Å². The SMILES string of the molecule is CCOC(=O)Cc1[nH]oc2ccc3nccc3c12.CCOC(=O)Cc1noc2ccc(N)c(C#C[Si](C)(C)C)c12.O=C1CCC(c2[nH]oc3ccc4nccc4c23)C(=O)N1.[CH3-].[W]. The fraction of sp³-hybridized carbons (Fsp3) is 0.273. The Kier molecular flexibility index (Phi) is 15.0. The average Bonchev–Trinajstić information content (AvgIpc) is 4.05. The van der Waals surface area contributed by atoms with E-state index in [2.05, 4.69) is 61.9 Å². The molecule has 0 bridgehead atoms. The van der Waals surface area contributed by atoms with Crippen molar-refractivity contribution >= 4 is 92.2 Å². The summed E-state index contributed by atoms with van der Waals surface area (Å²) < 4.78 is 26.0. The van der Waals surface area contributed by atoms with Gasteiger partial charge in [-0.3, -0.25) is 34.5 Å². The quantitative estimate of drug-likeness (QED) is 0.0304. The molecule has 5 N–H and O–H groups in total. The maximum atomic E-state index is 12.0. The van der Waals surface area contributed by atoms with Gasteiger partial charge in [0.05, 0.1) is 76.1 Å². The van der Waals surface area contributed by atoms with Gasteiger partial charge in [0, 0.05) is 56.3 Å². The minimum absolute atomic E-state index is 0. The Morgan fingerprint density at radius 3 is 2.05 bits per heavy atom. The minimum atomic E-state index is -1.55. The van der Waals surface area contributed by atoms with Crippen molar-refractivity contribution in [2.24, 2.45) is 0 Å². The molecule has 8 aromatic rings. The Balaban J connectivity index is 0.000000173. The number of piperidine rings is 1. The summed E-state index contributed by atoms with van der Waals surface area (Å²) >= 11 is 0. The first-order valence-electron chi connectivity index (χ1n) is 19.4. The predicted molar refractivity (Wildman–Crippen MR) is 233 cm³/mol. The fourth-order valence-corrected chi connectivity index (χ4v) is 7.37. The van der Waals surface area contributed by atoms with Crippen LogP contribution in [0.25, 0.3) is 54.7 Å². The number of nitrogen functional groups attached to an aromatic ring is 1. The smallest absolute Gasteiger partial charge is 0.312 e. The number of nitrogens with one attached hydrogen (secondary N) is 3. The number of anilines is 1. The van der Waals surface area contributed by atoms with Gasteiger partial charge in [-0.15, -0.1) is 5.54 Å². The third-order valence-electron chi connectivity index (χ3n) is 9.54. The largest absolute Gasteiger partial charge is 0.466 e. The van der Waals surface area contributed by atoms with Crippen LogP contribution in [0.3, 0.4) is 0 Å².